The predicted molar refractivity (Wildman–Crippen MR) is 56.8 cm³/mol. The maximum atomic E-state index is 5.55. The van der Waals surface area contributed by atoms with E-state index in [0.717, 1.165) is 11.6 Å². The number of hydrogen-bond acceptors (Lipinski definition) is 3. The summed E-state index contributed by atoms with van der Waals surface area (Å²) in [4.78, 5) is 0. The van der Waals surface area contributed by atoms with Crippen LogP contribution in [-0.2, 0) is 13.6 Å². The van der Waals surface area contributed by atoms with Gasteiger partial charge in [0.05, 0.1) is 6.54 Å². The van der Waals surface area contributed by atoms with Crippen LogP contribution in [0.5, 0.6) is 0 Å². The fourth-order valence-corrected chi connectivity index (χ4v) is 1.32. The van der Waals surface area contributed by atoms with E-state index in [9.17, 15) is 0 Å². The van der Waals surface area contributed by atoms with Crippen LogP contribution in [0.25, 0.3) is 0 Å². The van der Waals surface area contributed by atoms with Gasteiger partial charge in [-0.25, -0.2) is 0 Å². The van der Waals surface area contributed by atoms with Crippen LogP contribution in [0.4, 0.5) is 0 Å². The van der Waals surface area contributed by atoms with Crippen molar-refractivity contribution in [1.82, 2.24) is 14.8 Å². The molecule has 1 unspecified atom stereocenters. The van der Waals surface area contributed by atoms with Crippen LogP contribution in [-0.4, -0.2) is 14.8 Å². The molecule has 4 nitrogen and oxygen atoms in total. The van der Waals surface area contributed by atoms with E-state index in [-0.39, 0.29) is 5.41 Å². The lowest BCUT2D eigenvalue weighted by atomic mass is 9.81. The van der Waals surface area contributed by atoms with Crippen LogP contribution < -0.4 is 5.73 Å². The van der Waals surface area contributed by atoms with Gasteiger partial charge in [0.1, 0.15) is 11.6 Å². The maximum absolute atomic E-state index is 5.55. The molecule has 80 valence electrons. The minimum absolute atomic E-state index is 0.201. The molecule has 14 heavy (non-hydrogen) atoms. The third-order valence-corrected chi connectivity index (χ3v) is 2.87. The Hall–Kier alpha value is -0.900. The molecular formula is C10H20N4. The minimum Gasteiger partial charge on any atom is -0.324 e. The van der Waals surface area contributed by atoms with Gasteiger partial charge in [0.15, 0.2) is 0 Å². The highest BCUT2D eigenvalue weighted by Gasteiger charge is 2.26. The fourth-order valence-electron chi connectivity index (χ4n) is 1.32. The predicted octanol–water partition coefficient (Wildman–Crippen LogP) is 1.42. The Morgan fingerprint density at radius 1 is 1.36 bits per heavy atom. The van der Waals surface area contributed by atoms with Gasteiger partial charge in [0.25, 0.3) is 0 Å². The van der Waals surface area contributed by atoms with E-state index in [1.807, 2.05) is 11.6 Å². The van der Waals surface area contributed by atoms with E-state index >= 15 is 0 Å². The normalized spacial score (nSPS) is 14.4. The van der Waals surface area contributed by atoms with Crippen LogP contribution in [0.3, 0.4) is 0 Å². The fraction of sp³-hybridized carbons (Fsp3) is 0.800. The van der Waals surface area contributed by atoms with Crippen molar-refractivity contribution >= 4 is 0 Å². The minimum atomic E-state index is 0.201. The first kappa shape index (κ1) is 11.2. The quantitative estimate of drug-likeness (QED) is 0.778. The molecule has 0 aliphatic rings. The van der Waals surface area contributed by atoms with Crippen molar-refractivity contribution in [1.29, 1.82) is 0 Å². The molecule has 0 radical (unpaired) electrons. The van der Waals surface area contributed by atoms with Crippen molar-refractivity contribution in [3.05, 3.63) is 11.6 Å². The molecule has 1 aromatic rings. The van der Waals surface area contributed by atoms with Crippen LogP contribution in [0.1, 0.15) is 45.3 Å². The standard InChI is InChI=1S/C10H20N4/c1-7(10(2,3)4)9-13-12-8(6-11)14(9)5/h7H,6,11H2,1-5H3. The summed E-state index contributed by atoms with van der Waals surface area (Å²) in [6, 6.07) is 0. The van der Waals surface area contributed by atoms with Crippen molar-refractivity contribution in [3.8, 4) is 0 Å². The lowest BCUT2D eigenvalue weighted by molar-refractivity contribution is 0.322. The third kappa shape index (κ3) is 1.95. The molecule has 0 bridgehead atoms. The number of hydrogen-bond donors (Lipinski definition) is 1. The number of nitrogens with zero attached hydrogens (tertiary/aromatic N) is 3. The van der Waals surface area contributed by atoms with Gasteiger partial charge in [-0.05, 0) is 5.41 Å². The van der Waals surface area contributed by atoms with Gasteiger partial charge in [0.2, 0.25) is 0 Å². The van der Waals surface area contributed by atoms with E-state index in [1.54, 1.807) is 0 Å². The van der Waals surface area contributed by atoms with Crippen LogP contribution in [0.2, 0.25) is 0 Å². The third-order valence-electron chi connectivity index (χ3n) is 2.87. The molecule has 1 aromatic heterocycles. The molecule has 1 atom stereocenters. The lowest BCUT2D eigenvalue weighted by Crippen LogP contribution is -2.19. The smallest absolute Gasteiger partial charge is 0.146 e. The zero-order valence-electron chi connectivity index (χ0n) is 9.70. The van der Waals surface area contributed by atoms with E-state index in [4.69, 9.17) is 5.73 Å². The molecular weight excluding hydrogens is 176 g/mol. The Morgan fingerprint density at radius 2 is 1.93 bits per heavy atom. The Bertz CT molecular complexity index is 308. The maximum Gasteiger partial charge on any atom is 0.146 e. The SMILES string of the molecule is CC(c1nnc(CN)n1C)C(C)(C)C. The van der Waals surface area contributed by atoms with E-state index in [2.05, 4.69) is 37.9 Å². The summed E-state index contributed by atoms with van der Waals surface area (Å²) in [6.07, 6.45) is 0. The van der Waals surface area contributed by atoms with Gasteiger partial charge >= 0.3 is 0 Å². The first-order chi connectivity index (χ1) is 6.38. The molecule has 0 aliphatic carbocycles. The molecule has 0 spiro atoms. The number of rotatable bonds is 2. The van der Waals surface area contributed by atoms with Crippen molar-refractivity contribution in [2.24, 2.45) is 18.2 Å². The van der Waals surface area contributed by atoms with Crippen molar-refractivity contribution < 1.29 is 0 Å². The van der Waals surface area contributed by atoms with Gasteiger partial charge in [-0.2, -0.15) is 0 Å². The van der Waals surface area contributed by atoms with Crippen molar-refractivity contribution in [2.75, 3.05) is 0 Å². The van der Waals surface area contributed by atoms with Crippen LogP contribution >= 0.6 is 0 Å². The molecule has 0 saturated carbocycles. The van der Waals surface area contributed by atoms with Gasteiger partial charge in [0, 0.05) is 13.0 Å². The number of aromatic nitrogens is 3. The lowest BCUT2D eigenvalue weighted by Gasteiger charge is -2.26. The van der Waals surface area contributed by atoms with E-state index in [1.165, 1.54) is 0 Å². The molecule has 0 aliphatic heterocycles. The summed E-state index contributed by atoms with van der Waals surface area (Å²) in [5, 5.41) is 8.24. The summed E-state index contributed by atoms with van der Waals surface area (Å²) < 4.78 is 2.00. The van der Waals surface area contributed by atoms with Gasteiger partial charge in [-0.1, -0.05) is 27.7 Å². The molecule has 0 saturated heterocycles. The summed E-state index contributed by atoms with van der Waals surface area (Å²) in [5.41, 5.74) is 5.75. The second-order valence-electron chi connectivity index (χ2n) is 4.83. The zero-order chi connectivity index (χ0) is 10.9. The molecule has 1 rings (SSSR count). The number of nitrogens with two attached hydrogens (primary N) is 1. The highest BCUT2D eigenvalue weighted by Crippen LogP contribution is 2.33. The first-order valence-corrected chi connectivity index (χ1v) is 4.96. The van der Waals surface area contributed by atoms with Crippen molar-refractivity contribution in [3.63, 3.8) is 0 Å². The molecule has 1 heterocycles. The van der Waals surface area contributed by atoms with E-state index < -0.39 is 0 Å². The topological polar surface area (TPSA) is 56.7 Å². The second-order valence-corrected chi connectivity index (χ2v) is 4.83. The van der Waals surface area contributed by atoms with Gasteiger partial charge in [-0.3, -0.25) is 0 Å². The van der Waals surface area contributed by atoms with Crippen LogP contribution in [0, 0.1) is 5.41 Å². The Labute approximate surface area is 85.5 Å². The van der Waals surface area contributed by atoms with Gasteiger partial charge < -0.3 is 10.3 Å². The molecule has 0 fully saturated rings. The van der Waals surface area contributed by atoms with Crippen molar-refractivity contribution in [2.45, 2.75) is 40.2 Å². The van der Waals surface area contributed by atoms with E-state index in [0.29, 0.717) is 12.5 Å². The largest absolute Gasteiger partial charge is 0.324 e. The summed E-state index contributed by atoms with van der Waals surface area (Å²) >= 11 is 0. The first-order valence-electron chi connectivity index (χ1n) is 4.96. The average Bonchev–Trinajstić information content (AvgIpc) is 2.43. The highest BCUT2D eigenvalue weighted by atomic mass is 15.3. The zero-order valence-corrected chi connectivity index (χ0v) is 9.70. The Morgan fingerprint density at radius 3 is 2.29 bits per heavy atom. The van der Waals surface area contributed by atoms with Crippen LogP contribution in [0.15, 0.2) is 0 Å². The summed E-state index contributed by atoms with van der Waals surface area (Å²) in [5.74, 6) is 2.23. The molecule has 2 N–H and O–H groups in total. The second kappa shape index (κ2) is 3.69. The molecule has 0 amide bonds. The Balaban J connectivity index is 3.02. The Kier molecular flexibility index (Phi) is 2.95. The highest BCUT2D eigenvalue weighted by molar-refractivity contribution is 5.03. The monoisotopic (exact) mass is 196 g/mol. The molecule has 0 aromatic carbocycles. The summed E-state index contributed by atoms with van der Waals surface area (Å²) in [7, 11) is 1.97. The molecule has 4 heteroatoms. The summed E-state index contributed by atoms with van der Waals surface area (Å²) in [6.45, 7) is 9.22. The average molecular weight is 196 g/mol. The van der Waals surface area contributed by atoms with Gasteiger partial charge in [-0.15, -0.1) is 10.2 Å².